The maximum absolute atomic E-state index is 8.97. The third-order valence-electron chi connectivity index (χ3n) is 2.17. The fourth-order valence-corrected chi connectivity index (χ4v) is 1.37. The van der Waals surface area contributed by atoms with Gasteiger partial charge >= 0.3 is 0 Å². The van der Waals surface area contributed by atoms with Crippen LogP contribution in [0, 0.1) is 0 Å². The Bertz CT molecular complexity index is 412. The lowest BCUT2D eigenvalue weighted by Crippen LogP contribution is -2.06. The van der Waals surface area contributed by atoms with E-state index in [2.05, 4.69) is 15.2 Å². The summed E-state index contributed by atoms with van der Waals surface area (Å²) in [5, 5.41) is 16.5. The van der Waals surface area contributed by atoms with Crippen molar-refractivity contribution in [2.24, 2.45) is 0 Å². The van der Waals surface area contributed by atoms with Crippen LogP contribution in [-0.4, -0.2) is 24.9 Å². The minimum atomic E-state index is -0.0811. The van der Waals surface area contributed by atoms with E-state index in [0.29, 0.717) is 5.82 Å². The van der Waals surface area contributed by atoms with Gasteiger partial charge in [-0.1, -0.05) is 6.07 Å². The van der Waals surface area contributed by atoms with Crippen molar-refractivity contribution in [2.45, 2.75) is 19.6 Å². The predicted octanol–water partition coefficient (Wildman–Crippen LogP) is 0.408. The van der Waals surface area contributed by atoms with E-state index in [-0.39, 0.29) is 6.61 Å². The Labute approximate surface area is 87.4 Å². The second-order valence-electron chi connectivity index (χ2n) is 3.17. The molecule has 0 aromatic carbocycles. The maximum Gasteiger partial charge on any atom is 0.158 e. The van der Waals surface area contributed by atoms with Crippen molar-refractivity contribution in [3.63, 3.8) is 0 Å². The van der Waals surface area contributed by atoms with Crippen LogP contribution in [0.1, 0.15) is 11.5 Å². The summed E-state index contributed by atoms with van der Waals surface area (Å²) in [5.41, 5.74) is 1.02. The van der Waals surface area contributed by atoms with Crippen LogP contribution >= 0.6 is 0 Å². The monoisotopic (exact) mass is 204 g/mol. The van der Waals surface area contributed by atoms with E-state index in [1.165, 1.54) is 0 Å². The molecule has 0 aliphatic carbocycles. The van der Waals surface area contributed by atoms with Crippen LogP contribution in [0.4, 0.5) is 0 Å². The summed E-state index contributed by atoms with van der Waals surface area (Å²) in [5.74, 6) is 0.589. The summed E-state index contributed by atoms with van der Waals surface area (Å²) in [6.07, 6.45) is 4.20. The molecular formula is C10H12N4O. The Morgan fingerprint density at radius 2 is 2.27 bits per heavy atom. The smallest absolute Gasteiger partial charge is 0.158 e. The van der Waals surface area contributed by atoms with E-state index in [0.717, 1.165) is 18.7 Å². The maximum atomic E-state index is 8.97. The second kappa shape index (κ2) is 4.65. The first kappa shape index (κ1) is 9.79. The molecule has 15 heavy (non-hydrogen) atoms. The van der Waals surface area contributed by atoms with E-state index in [1.807, 2.05) is 22.8 Å². The number of aliphatic hydroxyl groups excluding tert-OH is 1. The van der Waals surface area contributed by atoms with Gasteiger partial charge in [0.2, 0.25) is 0 Å². The molecule has 2 heterocycles. The molecule has 0 spiro atoms. The number of nitrogens with zero attached hydrogens (tertiary/aromatic N) is 4. The molecule has 2 rings (SSSR count). The summed E-state index contributed by atoms with van der Waals surface area (Å²) in [6, 6.07) is 5.83. The molecular weight excluding hydrogens is 192 g/mol. The molecule has 1 N–H and O–H groups in total. The summed E-state index contributed by atoms with van der Waals surface area (Å²) in [4.78, 5) is 4.22. The molecule has 0 amide bonds. The van der Waals surface area contributed by atoms with Crippen LogP contribution in [0.5, 0.6) is 0 Å². The van der Waals surface area contributed by atoms with Crippen molar-refractivity contribution in [1.82, 2.24) is 19.7 Å². The van der Waals surface area contributed by atoms with Gasteiger partial charge < -0.3 is 9.67 Å². The normalized spacial score (nSPS) is 10.5. The molecule has 5 heteroatoms. The van der Waals surface area contributed by atoms with Crippen molar-refractivity contribution >= 4 is 0 Å². The van der Waals surface area contributed by atoms with Crippen LogP contribution in [0.3, 0.4) is 0 Å². The first-order chi connectivity index (χ1) is 7.40. The highest BCUT2D eigenvalue weighted by atomic mass is 16.3. The summed E-state index contributed by atoms with van der Waals surface area (Å²) >= 11 is 0. The Hall–Kier alpha value is -1.75. The molecule has 2 aromatic rings. The number of aliphatic hydroxyl groups is 1. The SMILES string of the molecule is OCc1nncn1CCc1ccccn1. The first-order valence-corrected chi connectivity index (χ1v) is 4.77. The molecule has 0 radical (unpaired) electrons. The van der Waals surface area contributed by atoms with Crippen molar-refractivity contribution in [3.05, 3.63) is 42.2 Å². The van der Waals surface area contributed by atoms with Gasteiger partial charge in [0.1, 0.15) is 12.9 Å². The quantitative estimate of drug-likeness (QED) is 0.783. The predicted molar refractivity (Wildman–Crippen MR) is 53.9 cm³/mol. The van der Waals surface area contributed by atoms with Gasteiger partial charge in [0.05, 0.1) is 0 Å². The second-order valence-corrected chi connectivity index (χ2v) is 3.17. The van der Waals surface area contributed by atoms with Gasteiger partial charge in [-0.25, -0.2) is 0 Å². The standard InChI is InChI=1S/C10H12N4O/c15-7-10-13-12-8-14(10)6-4-9-3-1-2-5-11-9/h1-3,5,8,15H,4,6-7H2. The van der Waals surface area contributed by atoms with Gasteiger partial charge in [-0.2, -0.15) is 0 Å². The van der Waals surface area contributed by atoms with Gasteiger partial charge in [0, 0.05) is 24.9 Å². The zero-order valence-electron chi connectivity index (χ0n) is 8.24. The first-order valence-electron chi connectivity index (χ1n) is 4.77. The van der Waals surface area contributed by atoms with Gasteiger partial charge in [-0.15, -0.1) is 10.2 Å². The van der Waals surface area contributed by atoms with Crippen LogP contribution < -0.4 is 0 Å². The lowest BCUT2D eigenvalue weighted by Gasteiger charge is -2.03. The highest BCUT2D eigenvalue weighted by Crippen LogP contribution is 2.00. The van der Waals surface area contributed by atoms with E-state index in [1.54, 1.807) is 12.5 Å². The van der Waals surface area contributed by atoms with Crippen molar-refractivity contribution in [1.29, 1.82) is 0 Å². The molecule has 0 fully saturated rings. The largest absolute Gasteiger partial charge is 0.388 e. The highest BCUT2D eigenvalue weighted by Gasteiger charge is 2.02. The molecule has 0 aliphatic rings. The Morgan fingerprint density at radius 1 is 1.33 bits per heavy atom. The summed E-state index contributed by atoms with van der Waals surface area (Å²) in [7, 11) is 0. The summed E-state index contributed by atoms with van der Waals surface area (Å²) in [6.45, 7) is 0.655. The summed E-state index contributed by atoms with van der Waals surface area (Å²) < 4.78 is 1.83. The Kier molecular flexibility index (Phi) is 3.04. The van der Waals surface area contributed by atoms with Crippen LogP contribution in [0.2, 0.25) is 0 Å². The van der Waals surface area contributed by atoms with Crippen molar-refractivity contribution < 1.29 is 5.11 Å². The van der Waals surface area contributed by atoms with E-state index < -0.39 is 0 Å². The fourth-order valence-electron chi connectivity index (χ4n) is 1.37. The average Bonchev–Trinajstić information content (AvgIpc) is 2.75. The molecule has 5 nitrogen and oxygen atoms in total. The highest BCUT2D eigenvalue weighted by molar-refractivity contribution is 5.03. The minimum absolute atomic E-state index is 0.0811. The topological polar surface area (TPSA) is 63.8 Å². The molecule has 0 saturated carbocycles. The van der Waals surface area contributed by atoms with E-state index in [4.69, 9.17) is 5.11 Å². The molecule has 78 valence electrons. The van der Waals surface area contributed by atoms with Crippen molar-refractivity contribution in [3.8, 4) is 0 Å². The van der Waals surface area contributed by atoms with Crippen LogP contribution in [-0.2, 0) is 19.6 Å². The number of aromatic nitrogens is 4. The van der Waals surface area contributed by atoms with Gasteiger partial charge in [0.25, 0.3) is 0 Å². The lowest BCUT2D eigenvalue weighted by molar-refractivity contribution is 0.264. The third kappa shape index (κ3) is 2.38. The zero-order valence-corrected chi connectivity index (χ0v) is 8.24. The number of pyridine rings is 1. The number of hydrogen-bond acceptors (Lipinski definition) is 4. The van der Waals surface area contributed by atoms with Crippen molar-refractivity contribution in [2.75, 3.05) is 0 Å². The van der Waals surface area contributed by atoms with Gasteiger partial charge in [-0.05, 0) is 12.1 Å². The molecule has 0 bridgehead atoms. The number of aryl methyl sites for hydroxylation is 2. The molecule has 0 aliphatic heterocycles. The molecule has 0 saturated heterocycles. The Morgan fingerprint density at radius 3 is 3.00 bits per heavy atom. The zero-order chi connectivity index (χ0) is 10.5. The lowest BCUT2D eigenvalue weighted by atomic mass is 10.3. The van der Waals surface area contributed by atoms with Gasteiger partial charge in [0.15, 0.2) is 5.82 Å². The molecule has 2 aromatic heterocycles. The van der Waals surface area contributed by atoms with Crippen LogP contribution in [0.25, 0.3) is 0 Å². The fraction of sp³-hybridized carbons (Fsp3) is 0.300. The van der Waals surface area contributed by atoms with E-state index >= 15 is 0 Å². The molecule has 0 atom stereocenters. The third-order valence-corrected chi connectivity index (χ3v) is 2.17. The molecule has 0 unspecified atom stereocenters. The van der Waals surface area contributed by atoms with E-state index in [9.17, 15) is 0 Å². The minimum Gasteiger partial charge on any atom is -0.388 e. The number of hydrogen-bond donors (Lipinski definition) is 1. The Balaban J connectivity index is 1.99. The van der Waals surface area contributed by atoms with Crippen LogP contribution in [0.15, 0.2) is 30.7 Å². The number of rotatable bonds is 4. The van der Waals surface area contributed by atoms with Gasteiger partial charge in [-0.3, -0.25) is 4.98 Å². The average molecular weight is 204 g/mol.